The minimum absolute atomic E-state index is 0.0751. The van der Waals surface area contributed by atoms with Gasteiger partial charge in [0.1, 0.15) is 11.4 Å². The SMILES string of the molecule is CC(C)c1nc(N)nc(-c2ccc(F)cc2)c1/C=C/[C@H]1C[C@@H](CC(=O)OC(C)(C)C)OC(C)(C)O1. The number of hydrogen-bond acceptors (Lipinski definition) is 7. The molecule has 0 unspecified atom stereocenters. The Morgan fingerprint density at radius 3 is 2.49 bits per heavy atom. The van der Waals surface area contributed by atoms with Gasteiger partial charge in [0, 0.05) is 17.5 Å². The van der Waals surface area contributed by atoms with Crippen molar-refractivity contribution in [3.05, 3.63) is 47.4 Å². The summed E-state index contributed by atoms with van der Waals surface area (Å²) < 4.78 is 31.1. The molecule has 8 heteroatoms. The van der Waals surface area contributed by atoms with Crippen molar-refractivity contribution in [3.63, 3.8) is 0 Å². The lowest BCUT2D eigenvalue weighted by Gasteiger charge is -2.39. The molecule has 2 atom stereocenters. The molecule has 1 aromatic carbocycles. The molecular formula is C27H36FN3O4. The molecule has 2 heterocycles. The number of benzene rings is 1. The zero-order chi connectivity index (χ0) is 26.0. The Morgan fingerprint density at radius 2 is 1.89 bits per heavy atom. The minimum Gasteiger partial charge on any atom is -0.460 e. The first-order chi connectivity index (χ1) is 16.2. The van der Waals surface area contributed by atoms with Crippen LogP contribution in [0.5, 0.6) is 0 Å². The number of aromatic nitrogens is 2. The van der Waals surface area contributed by atoms with E-state index >= 15 is 0 Å². The topological polar surface area (TPSA) is 96.6 Å². The van der Waals surface area contributed by atoms with Gasteiger partial charge < -0.3 is 19.9 Å². The Labute approximate surface area is 206 Å². The van der Waals surface area contributed by atoms with Crippen molar-refractivity contribution in [1.29, 1.82) is 0 Å². The summed E-state index contributed by atoms with van der Waals surface area (Å²) in [5.74, 6) is -1.28. The maximum Gasteiger partial charge on any atom is 0.308 e. The van der Waals surface area contributed by atoms with Crippen LogP contribution in [0.3, 0.4) is 0 Å². The largest absolute Gasteiger partial charge is 0.460 e. The smallest absolute Gasteiger partial charge is 0.308 e. The molecule has 2 N–H and O–H groups in total. The van der Waals surface area contributed by atoms with Gasteiger partial charge in [0.2, 0.25) is 5.95 Å². The second kappa shape index (κ2) is 10.4. The molecular weight excluding hydrogens is 449 g/mol. The van der Waals surface area contributed by atoms with Crippen LogP contribution < -0.4 is 5.73 Å². The van der Waals surface area contributed by atoms with Gasteiger partial charge >= 0.3 is 5.97 Å². The van der Waals surface area contributed by atoms with Crippen molar-refractivity contribution < 1.29 is 23.4 Å². The van der Waals surface area contributed by atoms with Crippen LogP contribution >= 0.6 is 0 Å². The number of rotatable bonds is 6. The van der Waals surface area contributed by atoms with E-state index < -0.39 is 11.4 Å². The first-order valence-corrected chi connectivity index (χ1v) is 11.9. The highest BCUT2D eigenvalue weighted by Gasteiger charge is 2.36. The van der Waals surface area contributed by atoms with Crippen LogP contribution in [-0.4, -0.2) is 39.5 Å². The van der Waals surface area contributed by atoms with E-state index in [4.69, 9.17) is 19.9 Å². The number of nitrogens with two attached hydrogens (primary N) is 1. The monoisotopic (exact) mass is 485 g/mol. The third kappa shape index (κ3) is 7.57. The second-order valence-corrected chi connectivity index (χ2v) is 10.6. The first kappa shape index (κ1) is 26.8. The molecule has 0 bridgehead atoms. The summed E-state index contributed by atoms with van der Waals surface area (Å²) in [7, 11) is 0. The molecule has 3 rings (SSSR count). The summed E-state index contributed by atoms with van der Waals surface area (Å²) >= 11 is 0. The quantitative estimate of drug-likeness (QED) is 0.529. The highest BCUT2D eigenvalue weighted by atomic mass is 19.1. The Bertz CT molecular complexity index is 1080. The van der Waals surface area contributed by atoms with E-state index in [9.17, 15) is 9.18 Å². The van der Waals surface area contributed by atoms with Crippen LogP contribution in [0.2, 0.25) is 0 Å². The standard InChI is InChI=1S/C27H36FN3O4/c1-16(2)23-21(24(31-25(29)30-23)17-8-10-18(28)11-9-17)13-12-19-14-20(34-27(6,7)33-19)15-22(32)35-26(3,4)5/h8-13,16,19-20H,14-15H2,1-7H3,(H2,29,30,31)/b13-12+/t19-,20-/m0/s1. The van der Waals surface area contributed by atoms with Gasteiger partial charge in [-0.15, -0.1) is 0 Å². The minimum atomic E-state index is -0.877. The zero-order valence-electron chi connectivity index (χ0n) is 21.6. The van der Waals surface area contributed by atoms with Gasteiger partial charge in [-0.1, -0.05) is 26.0 Å². The highest BCUT2D eigenvalue weighted by Crippen LogP contribution is 2.33. The molecule has 0 spiro atoms. The summed E-state index contributed by atoms with van der Waals surface area (Å²) in [6.45, 7) is 13.2. The van der Waals surface area contributed by atoms with Gasteiger partial charge in [-0.2, -0.15) is 0 Å². The zero-order valence-corrected chi connectivity index (χ0v) is 21.6. The molecule has 0 amide bonds. The maximum atomic E-state index is 13.5. The number of hydrogen-bond donors (Lipinski definition) is 1. The van der Waals surface area contributed by atoms with Gasteiger partial charge in [-0.3, -0.25) is 4.79 Å². The van der Waals surface area contributed by atoms with Crippen LogP contribution in [0.1, 0.15) is 78.5 Å². The van der Waals surface area contributed by atoms with Crippen LogP contribution in [0.25, 0.3) is 17.3 Å². The van der Waals surface area contributed by atoms with E-state index in [2.05, 4.69) is 9.97 Å². The van der Waals surface area contributed by atoms with Crippen LogP contribution in [0, 0.1) is 5.82 Å². The number of carbonyl (C=O) groups is 1. The van der Waals surface area contributed by atoms with Crippen LogP contribution in [-0.2, 0) is 19.0 Å². The molecule has 1 aliphatic heterocycles. The molecule has 35 heavy (non-hydrogen) atoms. The van der Waals surface area contributed by atoms with E-state index in [0.717, 1.165) is 16.8 Å². The molecule has 190 valence electrons. The van der Waals surface area contributed by atoms with E-state index in [1.807, 2.05) is 60.6 Å². The predicted octanol–water partition coefficient (Wildman–Crippen LogP) is 5.64. The van der Waals surface area contributed by atoms with Gasteiger partial charge in [-0.05, 0) is 64.8 Å². The lowest BCUT2D eigenvalue weighted by molar-refractivity contribution is -0.290. The maximum absolute atomic E-state index is 13.5. The van der Waals surface area contributed by atoms with Crippen molar-refractivity contribution in [2.24, 2.45) is 0 Å². The fourth-order valence-electron chi connectivity index (χ4n) is 4.10. The van der Waals surface area contributed by atoms with Gasteiger partial charge in [0.05, 0.1) is 30.0 Å². The number of anilines is 1. The Kier molecular flexibility index (Phi) is 7.97. The number of carbonyl (C=O) groups excluding carboxylic acids is 1. The number of esters is 1. The van der Waals surface area contributed by atoms with E-state index in [-0.39, 0.29) is 42.3 Å². The average Bonchev–Trinajstić information content (AvgIpc) is 2.70. The molecule has 0 aliphatic carbocycles. The number of nitrogen functional groups attached to an aromatic ring is 1. The number of halogens is 1. The Balaban J connectivity index is 1.91. The van der Waals surface area contributed by atoms with Crippen LogP contribution in [0.15, 0.2) is 30.3 Å². The summed E-state index contributed by atoms with van der Waals surface area (Å²) in [5.41, 5.74) is 8.38. The summed E-state index contributed by atoms with van der Waals surface area (Å²) in [6.07, 6.45) is 3.80. The number of nitrogens with zero attached hydrogens (tertiary/aromatic N) is 2. The van der Waals surface area contributed by atoms with E-state index in [1.54, 1.807) is 12.1 Å². The normalized spacial score (nSPS) is 20.4. The van der Waals surface area contributed by atoms with Crippen molar-refractivity contribution in [1.82, 2.24) is 9.97 Å². The van der Waals surface area contributed by atoms with Crippen molar-refractivity contribution >= 4 is 18.0 Å². The fourth-order valence-corrected chi connectivity index (χ4v) is 4.10. The average molecular weight is 486 g/mol. The molecule has 7 nitrogen and oxygen atoms in total. The first-order valence-electron chi connectivity index (χ1n) is 11.9. The summed E-state index contributed by atoms with van der Waals surface area (Å²) in [5, 5.41) is 0. The molecule has 1 fully saturated rings. The van der Waals surface area contributed by atoms with Gasteiger partial charge in [0.25, 0.3) is 0 Å². The van der Waals surface area contributed by atoms with Gasteiger partial charge in [0.15, 0.2) is 5.79 Å². The molecule has 1 saturated heterocycles. The third-order valence-corrected chi connectivity index (χ3v) is 5.33. The summed E-state index contributed by atoms with van der Waals surface area (Å²) in [6, 6.07) is 6.12. The van der Waals surface area contributed by atoms with Crippen molar-refractivity contribution in [3.8, 4) is 11.3 Å². The third-order valence-electron chi connectivity index (χ3n) is 5.33. The van der Waals surface area contributed by atoms with E-state index in [1.165, 1.54) is 12.1 Å². The van der Waals surface area contributed by atoms with Gasteiger partial charge in [-0.25, -0.2) is 14.4 Å². The summed E-state index contributed by atoms with van der Waals surface area (Å²) in [4.78, 5) is 21.3. The van der Waals surface area contributed by atoms with Crippen LogP contribution in [0.4, 0.5) is 10.3 Å². The molecule has 0 saturated carbocycles. The fraction of sp³-hybridized carbons (Fsp3) is 0.519. The Hall–Kier alpha value is -2.84. The number of ether oxygens (including phenoxy) is 3. The van der Waals surface area contributed by atoms with Crippen molar-refractivity contribution in [2.75, 3.05) is 5.73 Å². The molecule has 0 radical (unpaired) electrons. The lowest BCUT2D eigenvalue weighted by Crippen LogP contribution is -2.45. The van der Waals surface area contributed by atoms with E-state index in [0.29, 0.717) is 12.1 Å². The molecule has 2 aromatic rings. The lowest BCUT2D eigenvalue weighted by atomic mass is 9.97. The molecule has 1 aliphatic rings. The van der Waals surface area contributed by atoms with Crippen molar-refractivity contribution in [2.45, 2.75) is 90.8 Å². The highest BCUT2D eigenvalue weighted by molar-refractivity contribution is 5.74. The second-order valence-electron chi connectivity index (χ2n) is 10.6. The predicted molar refractivity (Wildman–Crippen MR) is 134 cm³/mol. The Morgan fingerprint density at radius 1 is 1.23 bits per heavy atom. The molecule has 1 aromatic heterocycles.